The molecule has 1 aromatic carbocycles. The minimum atomic E-state index is -0.201. The number of hydrogen-bond acceptors (Lipinski definition) is 7. The lowest BCUT2D eigenvalue weighted by atomic mass is 10.1. The maximum atomic E-state index is 13.0. The molecule has 0 aliphatic carbocycles. The van der Waals surface area contributed by atoms with E-state index in [1.54, 1.807) is 32.8 Å². The average molecular weight is 505 g/mol. The van der Waals surface area contributed by atoms with E-state index in [1.807, 2.05) is 17.0 Å². The maximum Gasteiger partial charge on any atom is 0.254 e. The monoisotopic (exact) mass is 504 g/mol. The highest BCUT2D eigenvalue weighted by Crippen LogP contribution is 2.42. The lowest BCUT2D eigenvalue weighted by molar-refractivity contribution is 0.0785. The Morgan fingerprint density at radius 1 is 1.03 bits per heavy atom. The molecule has 1 N–H and O–H groups in total. The van der Waals surface area contributed by atoms with Crippen LogP contribution in [0, 0.1) is 3.82 Å². The smallest absolute Gasteiger partial charge is 0.254 e. The van der Waals surface area contributed by atoms with Gasteiger partial charge in [0.15, 0.2) is 0 Å². The van der Waals surface area contributed by atoms with E-state index in [9.17, 15) is 9.59 Å². The molecule has 33 heavy (non-hydrogen) atoms. The van der Waals surface area contributed by atoms with Gasteiger partial charge < -0.3 is 20.0 Å². The molecule has 0 unspecified atom stereocenters. The van der Waals surface area contributed by atoms with Gasteiger partial charge in [0.25, 0.3) is 11.8 Å². The largest absolute Gasteiger partial charge is 0.363 e. The highest BCUT2D eigenvalue weighted by atomic mass is 32.9. The molecule has 4 rings (SSSR count). The van der Waals surface area contributed by atoms with Crippen molar-refractivity contribution in [1.29, 1.82) is 0 Å². The van der Waals surface area contributed by atoms with Crippen LogP contribution in [-0.2, 0) is 0 Å². The Morgan fingerprint density at radius 2 is 1.67 bits per heavy atom. The number of nitrogens with one attached hydrogen (secondary N) is 1. The fourth-order valence-electron chi connectivity index (χ4n) is 4.58. The zero-order valence-electron chi connectivity index (χ0n) is 19.3. The van der Waals surface area contributed by atoms with Crippen molar-refractivity contribution >= 4 is 55.4 Å². The molecule has 2 fully saturated rings. The van der Waals surface area contributed by atoms with Gasteiger partial charge in [0.05, 0.1) is 11.1 Å². The molecule has 2 aliphatic rings. The van der Waals surface area contributed by atoms with Gasteiger partial charge in [0.1, 0.15) is 14.5 Å². The molecule has 178 valence electrons. The van der Waals surface area contributed by atoms with Crippen LogP contribution >= 0.6 is 32.9 Å². The van der Waals surface area contributed by atoms with Crippen molar-refractivity contribution in [3.8, 4) is 0 Å². The molecule has 2 aromatic rings. The summed E-state index contributed by atoms with van der Waals surface area (Å²) < 4.78 is 0.920. The number of nitrogens with zero attached hydrogens (tertiary/aromatic N) is 3. The number of anilines is 2. The molecule has 6 nitrogen and oxygen atoms in total. The van der Waals surface area contributed by atoms with Crippen LogP contribution in [0.2, 0.25) is 0 Å². The third-order valence-electron chi connectivity index (χ3n) is 6.33. The van der Waals surface area contributed by atoms with Crippen molar-refractivity contribution in [3.05, 3.63) is 39.2 Å². The van der Waals surface area contributed by atoms with E-state index >= 15 is 0 Å². The summed E-state index contributed by atoms with van der Waals surface area (Å²) in [7, 11) is 3.43. The normalized spacial score (nSPS) is 16.0. The molecule has 0 saturated carbocycles. The molecule has 1 aromatic heterocycles. The van der Waals surface area contributed by atoms with E-state index in [1.165, 1.54) is 17.8 Å². The first kappa shape index (κ1) is 24.2. The first-order chi connectivity index (χ1) is 16.0. The zero-order chi connectivity index (χ0) is 23.4. The summed E-state index contributed by atoms with van der Waals surface area (Å²) in [5.74, 6) is -0.249. The van der Waals surface area contributed by atoms with Crippen LogP contribution in [0.3, 0.4) is 0 Å². The molecular formula is C24H32N4O2S3. The average Bonchev–Trinajstić information content (AvgIpc) is 3.58. The maximum absolute atomic E-state index is 13.0. The van der Waals surface area contributed by atoms with Gasteiger partial charge in [-0.15, -0.1) is 0 Å². The van der Waals surface area contributed by atoms with Crippen molar-refractivity contribution < 1.29 is 9.59 Å². The van der Waals surface area contributed by atoms with E-state index in [0.29, 0.717) is 24.2 Å². The first-order valence-electron chi connectivity index (χ1n) is 11.8. The van der Waals surface area contributed by atoms with Crippen LogP contribution in [-0.4, -0.2) is 62.0 Å². The van der Waals surface area contributed by atoms with Gasteiger partial charge in [-0.1, -0.05) is 45.0 Å². The lowest BCUT2D eigenvalue weighted by Crippen LogP contribution is -2.40. The Morgan fingerprint density at radius 3 is 2.33 bits per heavy atom. The number of benzene rings is 1. The van der Waals surface area contributed by atoms with Crippen molar-refractivity contribution in [2.24, 2.45) is 0 Å². The Balaban J connectivity index is 1.45. The summed E-state index contributed by atoms with van der Waals surface area (Å²) in [6, 6.07) is 7.40. The van der Waals surface area contributed by atoms with Gasteiger partial charge in [-0.25, -0.2) is 0 Å². The third kappa shape index (κ3) is 5.41. The van der Waals surface area contributed by atoms with Crippen LogP contribution in [0.4, 0.5) is 10.7 Å². The molecule has 9 heteroatoms. The molecule has 0 spiro atoms. The van der Waals surface area contributed by atoms with Crippen molar-refractivity contribution in [2.45, 2.75) is 45.6 Å². The summed E-state index contributed by atoms with van der Waals surface area (Å²) in [6.45, 7) is 9.18. The Hall–Kier alpha value is -1.97. The van der Waals surface area contributed by atoms with Crippen molar-refractivity contribution in [3.63, 3.8) is 0 Å². The van der Waals surface area contributed by atoms with E-state index < -0.39 is 0 Å². The summed E-state index contributed by atoms with van der Waals surface area (Å²) in [6.07, 6.45) is 4.50. The summed E-state index contributed by atoms with van der Waals surface area (Å²) in [5.41, 5.74) is 2.07. The second-order valence-corrected chi connectivity index (χ2v) is 11.7. The summed E-state index contributed by atoms with van der Waals surface area (Å²) in [5, 5.41) is 4.32. The second-order valence-electron chi connectivity index (χ2n) is 8.89. The molecule has 2 amide bonds. The van der Waals surface area contributed by atoms with Gasteiger partial charge in [-0.2, -0.15) is 0 Å². The van der Waals surface area contributed by atoms with Crippen LogP contribution in [0.15, 0.2) is 24.3 Å². The fraction of sp³-hybridized carbons (Fsp3) is 0.542. The molecule has 3 heterocycles. The quantitative estimate of drug-likeness (QED) is 0.404. The van der Waals surface area contributed by atoms with Crippen LogP contribution < -0.4 is 15.1 Å². The van der Waals surface area contributed by atoms with Gasteiger partial charge in [0, 0.05) is 45.3 Å². The zero-order valence-corrected chi connectivity index (χ0v) is 21.8. The number of likely N-dealkylation sites (tertiary alicyclic amines) is 1. The van der Waals surface area contributed by atoms with E-state index in [-0.39, 0.29) is 17.9 Å². The molecule has 2 saturated heterocycles. The molecule has 2 aliphatic heterocycles. The Bertz CT molecular complexity index is 1040. The number of hydrogen-bond donors (Lipinski definition) is 1. The number of rotatable bonds is 8. The third-order valence-corrected chi connectivity index (χ3v) is 9.35. The highest BCUT2D eigenvalue weighted by molar-refractivity contribution is 7.80. The fourth-order valence-corrected chi connectivity index (χ4v) is 7.51. The van der Waals surface area contributed by atoms with Gasteiger partial charge in [-0.3, -0.25) is 9.59 Å². The van der Waals surface area contributed by atoms with Gasteiger partial charge in [0.2, 0.25) is 0 Å². The molecule has 0 radical (unpaired) electrons. The molecule has 0 atom stereocenters. The van der Waals surface area contributed by atoms with Crippen LogP contribution in [0.5, 0.6) is 0 Å². The standard InChI is InChI=1S/C24H32N4O2S3/c1-17(2)28(20-23(32-33-24(20)31)27-14-7-8-15-27)16-11-25-21(29)18-9-3-4-10-19(18)22(30)26-12-5-6-13-26/h3-4,9-10,17H,5-8,11-16H2,1-2H3,(H,25,29). The number of amides is 2. The Labute approximate surface area is 208 Å². The van der Waals surface area contributed by atoms with Gasteiger partial charge in [-0.05, 0) is 51.7 Å². The number of carbonyl (C=O) groups excluding carboxylic acids is 2. The predicted octanol–water partition coefficient (Wildman–Crippen LogP) is 5.02. The Kier molecular flexibility index (Phi) is 8.03. The van der Waals surface area contributed by atoms with E-state index in [4.69, 9.17) is 12.2 Å². The second kappa shape index (κ2) is 11.0. The van der Waals surface area contributed by atoms with E-state index in [2.05, 4.69) is 29.0 Å². The summed E-state index contributed by atoms with van der Waals surface area (Å²) in [4.78, 5) is 32.6. The first-order valence-corrected chi connectivity index (χ1v) is 14.3. The van der Waals surface area contributed by atoms with Gasteiger partial charge >= 0.3 is 0 Å². The SMILES string of the molecule is CC(C)N(CCNC(=O)c1ccccc1C(=O)N1CCCC1)c1c(N2CCCC2)ssc1=S. The molecular weight excluding hydrogens is 472 g/mol. The summed E-state index contributed by atoms with van der Waals surface area (Å²) >= 11 is 5.71. The van der Waals surface area contributed by atoms with Crippen LogP contribution in [0.1, 0.15) is 60.2 Å². The minimum absolute atomic E-state index is 0.0483. The predicted molar refractivity (Wildman–Crippen MR) is 141 cm³/mol. The number of carbonyl (C=O) groups is 2. The highest BCUT2D eigenvalue weighted by Gasteiger charge is 2.26. The molecule has 0 bridgehead atoms. The van der Waals surface area contributed by atoms with Crippen molar-refractivity contribution in [2.75, 3.05) is 49.1 Å². The minimum Gasteiger partial charge on any atom is -0.363 e. The van der Waals surface area contributed by atoms with E-state index in [0.717, 1.165) is 48.5 Å². The topological polar surface area (TPSA) is 55.9 Å². The lowest BCUT2D eigenvalue weighted by Gasteiger charge is -2.31. The van der Waals surface area contributed by atoms with Crippen molar-refractivity contribution in [1.82, 2.24) is 10.2 Å². The van der Waals surface area contributed by atoms with Crippen LogP contribution in [0.25, 0.3) is 0 Å².